The SMILES string of the molecule is Cc1cnc(CCc2ccc3cc(C)ccc3c2)nc1. The molecule has 3 rings (SSSR count). The van der Waals surface area contributed by atoms with Gasteiger partial charge in [0, 0.05) is 18.8 Å². The van der Waals surface area contributed by atoms with E-state index in [2.05, 4.69) is 53.3 Å². The summed E-state index contributed by atoms with van der Waals surface area (Å²) < 4.78 is 0. The summed E-state index contributed by atoms with van der Waals surface area (Å²) in [5, 5.41) is 2.61. The predicted molar refractivity (Wildman–Crippen MR) is 82.9 cm³/mol. The molecule has 0 aliphatic heterocycles. The van der Waals surface area contributed by atoms with Crippen molar-refractivity contribution in [3.8, 4) is 0 Å². The first kappa shape index (κ1) is 12.8. The third-order valence-electron chi connectivity index (χ3n) is 3.53. The molecule has 0 bridgehead atoms. The van der Waals surface area contributed by atoms with Crippen LogP contribution in [0.1, 0.15) is 22.5 Å². The molecule has 2 heteroatoms. The van der Waals surface area contributed by atoms with Crippen molar-refractivity contribution in [1.29, 1.82) is 0 Å². The fraction of sp³-hybridized carbons (Fsp3) is 0.222. The van der Waals surface area contributed by atoms with Crippen LogP contribution in [0.5, 0.6) is 0 Å². The molecule has 1 heterocycles. The third-order valence-corrected chi connectivity index (χ3v) is 3.53. The van der Waals surface area contributed by atoms with Crippen LogP contribution in [0.25, 0.3) is 10.8 Å². The smallest absolute Gasteiger partial charge is 0.128 e. The zero-order valence-electron chi connectivity index (χ0n) is 11.9. The van der Waals surface area contributed by atoms with Gasteiger partial charge in [-0.05, 0) is 42.2 Å². The topological polar surface area (TPSA) is 25.8 Å². The van der Waals surface area contributed by atoms with E-state index in [4.69, 9.17) is 0 Å². The summed E-state index contributed by atoms with van der Waals surface area (Å²) in [6.07, 6.45) is 5.63. The summed E-state index contributed by atoms with van der Waals surface area (Å²) in [5.74, 6) is 0.916. The van der Waals surface area contributed by atoms with E-state index in [9.17, 15) is 0 Å². The van der Waals surface area contributed by atoms with Gasteiger partial charge in [-0.2, -0.15) is 0 Å². The molecule has 0 N–H and O–H groups in total. The molecular formula is C18H18N2. The second kappa shape index (κ2) is 5.41. The van der Waals surface area contributed by atoms with Gasteiger partial charge >= 0.3 is 0 Å². The predicted octanol–water partition coefficient (Wildman–Crippen LogP) is 4.03. The van der Waals surface area contributed by atoms with E-state index < -0.39 is 0 Å². The molecule has 0 aliphatic rings. The average Bonchev–Trinajstić information content (AvgIpc) is 2.46. The van der Waals surface area contributed by atoms with Crippen LogP contribution in [0.3, 0.4) is 0 Å². The lowest BCUT2D eigenvalue weighted by Crippen LogP contribution is -1.98. The minimum absolute atomic E-state index is 0.887. The van der Waals surface area contributed by atoms with Crippen LogP contribution in [0.4, 0.5) is 0 Å². The quantitative estimate of drug-likeness (QED) is 0.712. The Balaban J connectivity index is 1.77. The van der Waals surface area contributed by atoms with Gasteiger partial charge in [-0.25, -0.2) is 9.97 Å². The summed E-state index contributed by atoms with van der Waals surface area (Å²) in [7, 11) is 0. The third kappa shape index (κ3) is 2.85. The minimum atomic E-state index is 0.887. The molecule has 2 nitrogen and oxygen atoms in total. The highest BCUT2D eigenvalue weighted by Gasteiger charge is 2.00. The second-order valence-electron chi connectivity index (χ2n) is 5.36. The van der Waals surface area contributed by atoms with Gasteiger partial charge < -0.3 is 0 Å². The van der Waals surface area contributed by atoms with Crippen LogP contribution in [-0.2, 0) is 12.8 Å². The Morgan fingerprint density at radius 1 is 0.750 bits per heavy atom. The summed E-state index contributed by atoms with van der Waals surface area (Å²) in [5.41, 5.74) is 3.75. The minimum Gasteiger partial charge on any atom is -0.241 e. The van der Waals surface area contributed by atoms with Crippen molar-refractivity contribution in [3.05, 3.63) is 71.3 Å². The number of benzene rings is 2. The first-order chi connectivity index (χ1) is 9.70. The van der Waals surface area contributed by atoms with Crippen molar-refractivity contribution in [2.45, 2.75) is 26.7 Å². The summed E-state index contributed by atoms with van der Waals surface area (Å²) in [4.78, 5) is 8.71. The fourth-order valence-corrected chi connectivity index (χ4v) is 2.37. The van der Waals surface area contributed by atoms with Crippen molar-refractivity contribution in [2.75, 3.05) is 0 Å². The van der Waals surface area contributed by atoms with E-state index in [1.165, 1.54) is 21.9 Å². The van der Waals surface area contributed by atoms with E-state index in [0.29, 0.717) is 0 Å². The second-order valence-corrected chi connectivity index (χ2v) is 5.36. The Hall–Kier alpha value is -2.22. The van der Waals surface area contributed by atoms with Crippen molar-refractivity contribution in [2.24, 2.45) is 0 Å². The Bertz CT molecular complexity index is 730. The number of hydrogen-bond acceptors (Lipinski definition) is 2. The van der Waals surface area contributed by atoms with Gasteiger partial charge in [-0.3, -0.25) is 0 Å². The first-order valence-corrected chi connectivity index (χ1v) is 6.97. The van der Waals surface area contributed by atoms with Gasteiger partial charge in [0.2, 0.25) is 0 Å². The van der Waals surface area contributed by atoms with E-state index in [-0.39, 0.29) is 0 Å². The number of aryl methyl sites for hydroxylation is 4. The van der Waals surface area contributed by atoms with Gasteiger partial charge in [0.05, 0.1) is 0 Å². The van der Waals surface area contributed by atoms with Crippen LogP contribution >= 0.6 is 0 Å². The zero-order valence-corrected chi connectivity index (χ0v) is 11.9. The van der Waals surface area contributed by atoms with Crippen LogP contribution < -0.4 is 0 Å². The molecular weight excluding hydrogens is 244 g/mol. The Labute approximate surface area is 119 Å². The van der Waals surface area contributed by atoms with E-state index in [1.807, 2.05) is 19.3 Å². The Morgan fingerprint density at radius 3 is 2.25 bits per heavy atom. The lowest BCUT2D eigenvalue weighted by Gasteiger charge is -2.05. The monoisotopic (exact) mass is 262 g/mol. The van der Waals surface area contributed by atoms with Crippen molar-refractivity contribution < 1.29 is 0 Å². The van der Waals surface area contributed by atoms with E-state index in [1.54, 1.807) is 0 Å². The number of rotatable bonds is 3. The highest BCUT2D eigenvalue weighted by atomic mass is 14.9. The summed E-state index contributed by atoms with van der Waals surface area (Å²) in [6.45, 7) is 4.14. The lowest BCUT2D eigenvalue weighted by atomic mass is 10.0. The van der Waals surface area contributed by atoms with E-state index >= 15 is 0 Å². The molecule has 0 saturated carbocycles. The number of aromatic nitrogens is 2. The first-order valence-electron chi connectivity index (χ1n) is 6.97. The largest absolute Gasteiger partial charge is 0.241 e. The van der Waals surface area contributed by atoms with Gasteiger partial charge in [-0.1, -0.05) is 42.0 Å². The lowest BCUT2D eigenvalue weighted by molar-refractivity contribution is 0.853. The molecule has 0 radical (unpaired) electrons. The van der Waals surface area contributed by atoms with Gasteiger partial charge in [0.25, 0.3) is 0 Å². The molecule has 0 unspecified atom stereocenters. The van der Waals surface area contributed by atoms with Crippen LogP contribution in [0, 0.1) is 13.8 Å². The fourth-order valence-electron chi connectivity index (χ4n) is 2.37. The maximum absolute atomic E-state index is 4.36. The standard InChI is InChI=1S/C18H18N2/c1-13-3-6-17-10-15(4-7-16(17)9-13)5-8-18-19-11-14(2)12-20-18/h3-4,6-7,9-12H,5,8H2,1-2H3. The van der Waals surface area contributed by atoms with Gasteiger partial charge in [-0.15, -0.1) is 0 Å². The van der Waals surface area contributed by atoms with Gasteiger partial charge in [0.15, 0.2) is 0 Å². The normalized spacial score (nSPS) is 10.9. The maximum atomic E-state index is 4.36. The molecule has 20 heavy (non-hydrogen) atoms. The molecule has 0 aliphatic carbocycles. The zero-order chi connectivity index (χ0) is 13.9. The Morgan fingerprint density at radius 2 is 1.45 bits per heavy atom. The van der Waals surface area contributed by atoms with Crippen molar-refractivity contribution in [3.63, 3.8) is 0 Å². The number of nitrogens with zero attached hydrogens (tertiary/aromatic N) is 2. The summed E-state index contributed by atoms with van der Waals surface area (Å²) >= 11 is 0. The highest BCUT2D eigenvalue weighted by molar-refractivity contribution is 5.83. The molecule has 0 fully saturated rings. The molecule has 1 aromatic heterocycles. The maximum Gasteiger partial charge on any atom is 0.128 e. The van der Waals surface area contributed by atoms with Crippen LogP contribution in [0.15, 0.2) is 48.8 Å². The van der Waals surface area contributed by atoms with Crippen molar-refractivity contribution in [1.82, 2.24) is 9.97 Å². The molecule has 0 atom stereocenters. The number of fused-ring (bicyclic) bond motifs is 1. The molecule has 0 spiro atoms. The molecule has 0 saturated heterocycles. The summed E-state index contributed by atoms with van der Waals surface area (Å²) in [6, 6.07) is 13.3. The number of hydrogen-bond donors (Lipinski definition) is 0. The van der Waals surface area contributed by atoms with E-state index in [0.717, 1.165) is 24.2 Å². The molecule has 100 valence electrons. The highest BCUT2D eigenvalue weighted by Crippen LogP contribution is 2.18. The van der Waals surface area contributed by atoms with Crippen LogP contribution in [-0.4, -0.2) is 9.97 Å². The van der Waals surface area contributed by atoms with Crippen molar-refractivity contribution >= 4 is 10.8 Å². The Kier molecular flexibility index (Phi) is 3.46. The molecule has 2 aromatic carbocycles. The van der Waals surface area contributed by atoms with Gasteiger partial charge in [0.1, 0.15) is 5.82 Å². The molecule has 3 aromatic rings. The molecule has 0 amide bonds. The van der Waals surface area contributed by atoms with Crippen LogP contribution in [0.2, 0.25) is 0 Å². The average molecular weight is 262 g/mol.